The van der Waals surface area contributed by atoms with Crippen LogP contribution in [-0.4, -0.2) is 34.3 Å². The van der Waals surface area contributed by atoms with Gasteiger partial charge in [-0.1, -0.05) is 29.8 Å². The van der Waals surface area contributed by atoms with Gasteiger partial charge in [0, 0.05) is 31.0 Å². The first-order chi connectivity index (χ1) is 9.72. The van der Waals surface area contributed by atoms with Crippen molar-refractivity contribution in [2.75, 3.05) is 18.0 Å². The van der Waals surface area contributed by atoms with Crippen molar-refractivity contribution < 1.29 is 5.11 Å². The van der Waals surface area contributed by atoms with Gasteiger partial charge in [0.2, 0.25) is 5.95 Å². The standard InChI is InChI=1S/C16H19N3O/c1-12-3-2-4-13(9-12)14-10-17-16(18-11-14)19-7-5-15(20)6-8-19/h2-4,9-11,15,20H,5-8H2,1H3. The molecule has 1 aliphatic heterocycles. The number of hydrogen-bond acceptors (Lipinski definition) is 4. The maximum atomic E-state index is 9.53. The Kier molecular flexibility index (Phi) is 3.65. The molecule has 1 aromatic carbocycles. The third kappa shape index (κ3) is 2.80. The summed E-state index contributed by atoms with van der Waals surface area (Å²) in [5.41, 5.74) is 3.41. The summed E-state index contributed by atoms with van der Waals surface area (Å²) in [5, 5.41) is 9.53. The van der Waals surface area contributed by atoms with Gasteiger partial charge in [0.25, 0.3) is 0 Å². The molecule has 0 bridgehead atoms. The smallest absolute Gasteiger partial charge is 0.225 e. The van der Waals surface area contributed by atoms with Crippen LogP contribution in [0.3, 0.4) is 0 Å². The van der Waals surface area contributed by atoms with E-state index < -0.39 is 0 Å². The SMILES string of the molecule is Cc1cccc(-c2cnc(N3CCC(O)CC3)nc2)c1. The number of aliphatic hydroxyl groups is 1. The van der Waals surface area contributed by atoms with Gasteiger partial charge in [-0.3, -0.25) is 0 Å². The van der Waals surface area contributed by atoms with Crippen LogP contribution in [0.2, 0.25) is 0 Å². The normalized spacial score (nSPS) is 16.4. The minimum atomic E-state index is -0.169. The van der Waals surface area contributed by atoms with Crippen LogP contribution in [0.4, 0.5) is 5.95 Å². The first kappa shape index (κ1) is 13.1. The maximum absolute atomic E-state index is 9.53. The second kappa shape index (κ2) is 5.59. The van der Waals surface area contributed by atoms with E-state index in [-0.39, 0.29) is 6.10 Å². The molecule has 0 spiro atoms. The lowest BCUT2D eigenvalue weighted by Gasteiger charge is -2.29. The lowest BCUT2D eigenvalue weighted by Crippen LogP contribution is -2.36. The van der Waals surface area contributed by atoms with Gasteiger partial charge in [-0.2, -0.15) is 0 Å². The second-order valence-corrected chi connectivity index (χ2v) is 5.36. The van der Waals surface area contributed by atoms with Crippen LogP contribution in [0.25, 0.3) is 11.1 Å². The van der Waals surface area contributed by atoms with E-state index in [2.05, 4.69) is 40.0 Å². The average Bonchev–Trinajstić information content (AvgIpc) is 2.48. The Morgan fingerprint density at radius 3 is 2.45 bits per heavy atom. The number of anilines is 1. The second-order valence-electron chi connectivity index (χ2n) is 5.36. The monoisotopic (exact) mass is 269 g/mol. The van der Waals surface area contributed by atoms with Gasteiger partial charge >= 0.3 is 0 Å². The lowest BCUT2D eigenvalue weighted by atomic mass is 10.1. The van der Waals surface area contributed by atoms with Crippen LogP contribution in [0, 0.1) is 6.92 Å². The van der Waals surface area contributed by atoms with Gasteiger partial charge in [-0.05, 0) is 25.3 Å². The van der Waals surface area contributed by atoms with Crippen LogP contribution in [0.1, 0.15) is 18.4 Å². The zero-order chi connectivity index (χ0) is 13.9. The number of piperidine rings is 1. The van der Waals surface area contributed by atoms with E-state index in [0.717, 1.165) is 43.0 Å². The number of aromatic nitrogens is 2. The molecule has 1 N–H and O–H groups in total. The van der Waals surface area contributed by atoms with Crippen molar-refractivity contribution in [2.24, 2.45) is 0 Å². The topological polar surface area (TPSA) is 49.2 Å². The Morgan fingerprint density at radius 2 is 1.80 bits per heavy atom. The van der Waals surface area contributed by atoms with Crippen LogP contribution in [0.5, 0.6) is 0 Å². The summed E-state index contributed by atoms with van der Waals surface area (Å²) < 4.78 is 0. The molecule has 3 rings (SSSR count). The Morgan fingerprint density at radius 1 is 1.10 bits per heavy atom. The fourth-order valence-electron chi connectivity index (χ4n) is 2.52. The molecule has 2 aromatic rings. The third-order valence-corrected chi connectivity index (χ3v) is 3.74. The lowest BCUT2D eigenvalue weighted by molar-refractivity contribution is 0.145. The highest BCUT2D eigenvalue weighted by molar-refractivity contribution is 5.62. The Labute approximate surface area is 119 Å². The van der Waals surface area contributed by atoms with Crippen molar-refractivity contribution in [2.45, 2.75) is 25.9 Å². The van der Waals surface area contributed by atoms with E-state index >= 15 is 0 Å². The van der Waals surface area contributed by atoms with E-state index in [1.165, 1.54) is 5.56 Å². The average molecular weight is 269 g/mol. The molecule has 1 aromatic heterocycles. The molecule has 0 unspecified atom stereocenters. The van der Waals surface area contributed by atoms with Crippen LogP contribution >= 0.6 is 0 Å². The number of benzene rings is 1. The minimum Gasteiger partial charge on any atom is -0.393 e. The summed E-state index contributed by atoms with van der Waals surface area (Å²) in [6, 6.07) is 8.33. The molecule has 2 heterocycles. The molecule has 0 radical (unpaired) electrons. The molecule has 0 atom stereocenters. The number of nitrogens with zero attached hydrogens (tertiary/aromatic N) is 3. The molecule has 1 fully saturated rings. The highest BCUT2D eigenvalue weighted by Crippen LogP contribution is 2.21. The van der Waals surface area contributed by atoms with E-state index in [1.807, 2.05) is 18.5 Å². The number of hydrogen-bond donors (Lipinski definition) is 1. The van der Waals surface area contributed by atoms with Crippen molar-refractivity contribution in [1.82, 2.24) is 9.97 Å². The predicted molar refractivity (Wildman–Crippen MR) is 79.7 cm³/mol. The van der Waals surface area contributed by atoms with Crippen molar-refractivity contribution in [3.8, 4) is 11.1 Å². The van der Waals surface area contributed by atoms with Crippen molar-refractivity contribution >= 4 is 5.95 Å². The van der Waals surface area contributed by atoms with E-state index in [1.54, 1.807) is 0 Å². The minimum absolute atomic E-state index is 0.169. The largest absolute Gasteiger partial charge is 0.393 e. The van der Waals surface area contributed by atoms with E-state index in [9.17, 15) is 5.11 Å². The molecular formula is C16H19N3O. The highest BCUT2D eigenvalue weighted by Gasteiger charge is 2.18. The Bertz CT molecular complexity index is 575. The number of aliphatic hydroxyl groups excluding tert-OH is 1. The number of rotatable bonds is 2. The molecule has 1 saturated heterocycles. The van der Waals surface area contributed by atoms with E-state index in [0.29, 0.717) is 0 Å². The van der Waals surface area contributed by atoms with Gasteiger partial charge in [-0.25, -0.2) is 9.97 Å². The van der Waals surface area contributed by atoms with Crippen LogP contribution < -0.4 is 4.90 Å². The maximum Gasteiger partial charge on any atom is 0.225 e. The molecule has 0 aliphatic carbocycles. The molecule has 4 heteroatoms. The van der Waals surface area contributed by atoms with E-state index in [4.69, 9.17) is 0 Å². The number of aryl methyl sites for hydroxylation is 1. The summed E-state index contributed by atoms with van der Waals surface area (Å²) in [6.07, 6.45) is 5.17. The molecular weight excluding hydrogens is 250 g/mol. The molecule has 104 valence electrons. The predicted octanol–water partition coefficient (Wildman–Crippen LogP) is 2.41. The zero-order valence-electron chi connectivity index (χ0n) is 11.7. The fourth-order valence-corrected chi connectivity index (χ4v) is 2.52. The van der Waals surface area contributed by atoms with Gasteiger partial charge in [0.1, 0.15) is 0 Å². The first-order valence-electron chi connectivity index (χ1n) is 7.04. The van der Waals surface area contributed by atoms with Gasteiger partial charge in [0.15, 0.2) is 0 Å². The molecule has 1 aliphatic rings. The fraction of sp³-hybridized carbons (Fsp3) is 0.375. The van der Waals surface area contributed by atoms with Crippen LogP contribution in [-0.2, 0) is 0 Å². The summed E-state index contributed by atoms with van der Waals surface area (Å²) in [4.78, 5) is 11.1. The highest BCUT2D eigenvalue weighted by atomic mass is 16.3. The summed E-state index contributed by atoms with van der Waals surface area (Å²) >= 11 is 0. The molecule has 0 amide bonds. The van der Waals surface area contributed by atoms with Gasteiger partial charge < -0.3 is 10.0 Å². The summed E-state index contributed by atoms with van der Waals surface area (Å²) in [6.45, 7) is 3.73. The summed E-state index contributed by atoms with van der Waals surface area (Å²) in [7, 11) is 0. The third-order valence-electron chi connectivity index (χ3n) is 3.74. The first-order valence-corrected chi connectivity index (χ1v) is 7.04. The molecule has 4 nitrogen and oxygen atoms in total. The Hall–Kier alpha value is -1.94. The summed E-state index contributed by atoms with van der Waals surface area (Å²) in [5.74, 6) is 0.758. The van der Waals surface area contributed by atoms with Crippen LogP contribution in [0.15, 0.2) is 36.7 Å². The van der Waals surface area contributed by atoms with Gasteiger partial charge in [-0.15, -0.1) is 0 Å². The van der Waals surface area contributed by atoms with Gasteiger partial charge in [0.05, 0.1) is 6.10 Å². The van der Waals surface area contributed by atoms with Crippen molar-refractivity contribution in [3.05, 3.63) is 42.2 Å². The van der Waals surface area contributed by atoms with Crippen molar-refractivity contribution in [3.63, 3.8) is 0 Å². The Balaban J connectivity index is 1.78. The molecule has 0 saturated carbocycles. The molecule has 20 heavy (non-hydrogen) atoms. The quantitative estimate of drug-likeness (QED) is 0.909. The van der Waals surface area contributed by atoms with Crippen molar-refractivity contribution in [1.29, 1.82) is 0 Å². The zero-order valence-corrected chi connectivity index (χ0v) is 11.7.